The lowest BCUT2D eigenvalue weighted by Crippen LogP contribution is -2.32. The minimum absolute atomic E-state index is 0.0667. The molecule has 0 bridgehead atoms. The summed E-state index contributed by atoms with van der Waals surface area (Å²) in [7, 11) is 0. The Morgan fingerprint density at radius 2 is 2.00 bits per heavy atom. The minimum Gasteiger partial charge on any atom is -0.480 e. The maximum atomic E-state index is 10.3. The van der Waals surface area contributed by atoms with Gasteiger partial charge >= 0.3 is 5.97 Å². The Morgan fingerprint density at radius 1 is 1.36 bits per heavy atom. The van der Waals surface area contributed by atoms with Crippen LogP contribution in [0.25, 0.3) is 0 Å². The van der Waals surface area contributed by atoms with Crippen molar-refractivity contribution in [3.05, 3.63) is 0 Å². The zero-order valence-electron chi connectivity index (χ0n) is 9.60. The van der Waals surface area contributed by atoms with E-state index in [9.17, 15) is 4.79 Å². The lowest BCUT2D eigenvalue weighted by atomic mass is 9.87. The number of hydrogen-bond donors (Lipinski definition) is 2. The van der Waals surface area contributed by atoms with E-state index in [0.29, 0.717) is 0 Å². The van der Waals surface area contributed by atoms with Crippen molar-refractivity contribution < 1.29 is 9.90 Å². The van der Waals surface area contributed by atoms with Crippen molar-refractivity contribution >= 4 is 5.97 Å². The molecule has 0 saturated carbocycles. The summed E-state index contributed by atoms with van der Waals surface area (Å²) in [4.78, 5) is 10.3. The Labute approximate surface area is 86.9 Å². The maximum Gasteiger partial charge on any atom is 0.317 e. The van der Waals surface area contributed by atoms with Crippen molar-refractivity contribution in [1.82, 2.24) is 5.32 Å². The van der Waals surface area contributed by atoms with Crippen molar-refractivity contribution in [2.45, 2.75) is 46.5 Å². The van der Waals surface area contributed by atoms with Crippen LogP contribution in [-0.4, -0.2) is 24.2 Å². The predicted molar refractivity (Wildman–Crippen MR) is 58.4 cm³/mol. The first-order chi connectivity index (χ1) is 6.48. The van der Waals surface area contributed by atoms with Crippen molar-refractivity contribution in [3.63, 3.8) is 0 Å². The molecule has 0 fully saturated rings. The topological polar surface area (TPSA) is 49.3 Å². The molecule has 0 amide bonds. The van der Waals surface area contributed by atoms with Gasteiger partial charge in [0, 0.05) is 6.54 Å². The highest BCUT2D eigenvalue weighted by atomic mass is 16.4. The van der Waals surface area contributed by atoms with Crippen LogP contribution in [-0.2, 0) is 4.79 Å². The van der Waals surface area contributed by atoms with Gasteiger partial charge < -0.3 is 10.4 Å². The Bertz CT molecular complexity index is 167. The molecule has 0 aliphatic heterocycles. The third kappa shape index (κ3) is 8.05. The molecule has 3 heteroatoms. The quantitative estimate of drug-likeness (QED) is 0.592. The highest BCUT2D eigenvalue weighted by Gasteiger charge is 2.16. The monoisotopic (exact) mass is 201 g/mol. The van der Waals surface area contributed by atoms with E-state index < -0.39 is 5.97 Å². The summed E-state index contributed by atoms with van der Waals surface area (Å²) in [5.74, 6) is -0.783. The molecule has 0 heterocycles. The van der Waals surface area contributed by atoms with Gasteiger partial charge in [0.15, 0.2) is 0 Å². The van der Waals surface area contributed by atoms with Crippen molar-refractivity contribution in [2.75, 3.05) is 13.1 Å². The fourth-order valence-electron chi connectivity index (χ4n) is 1.45. The largest absolute Gasteiger partial charge is 0.480 e. The molecule has 0 aromatic heterocycles. The molecule has 0 atom stereocenters. The van der Waals surface area contributed by atoms with Gasteiger partial charge in [0.2, 0.25) is 0 Å². The van der Waals surface area contributed by atoms with Crippen LogP contribution >= 0.6 is 0 Å². The van der Waals surface area contributed by atoms with Crippen molar-refractivity contribution in [1.29, 1.82) is 0 Å². The average molecular weight is 201 g/mol. The molecule has 14 heavy (non-hydrogen) atoms. The number of carbonyl (C=O) groups is 1. The molecule has 3 nitrogen and oxygen atoms in total. The summed E-state index contributed by atoms with van der Waals surface area (Å²) in [6, 6.07) is 0. The lowest BCUT2D eigenvalue weighted by Gasteiger charge is -2.24. The van der Waals surface area contributed by atoms with Crippen molar-refractivity contribution in [2.24, 2.45) is 5.41 Å². The van der Waals surface area contributed by atoms with Gasteiger partial charge in [0.25, 0.3) is 0 Å². The zero-order chi connectivity index (χ0) is 11.0. The van der Waals surface area contributed by atoms with Crippen LogP contribution in [0.5, 0.6) is 0 Å². The number of rotatable bonds is 8. The van der Waals surface area contributed by atoms with E-state index in [1.807, 2.05) is 0 Å². The van der Waals surface area contributed by atoms with E-state index in [1.165, 1.54) is 19.3 Å². The van der Waals surface area contributed by atoms with Gasteiger partial charge in [-0.1, -0.05) is 40.0 Å². The second-order valence-electron chi connectivity index (χ2n) is 4.62. The molecule has 0 radical (unpaired) electrons. The molecule has 0 aromatic carbocycles. The average Bonchev–Trinajstić information content (AvgIpc) is 2.03. The zero-order valence-corrected chi connectivity index (χ0v) is 9.60. The molecular formula is C11H23NO2. The molecule has 0 rings (SSSR count). The molecule has 0 saturated heterocycles. The van der Waals surface area contributed by atoms with Crippen LogP contribution in [0.3, 0.4) is 0 Å². The first-order valence-electron chi connectivity index (χ1n) is 5.40. The lowest BCUT2D eigenvalue weighted by molar-refractivity contribution is -0.136. The summed E-state index contributed by atoms with van der Waals surface area (Å²) in [5, 5.41) is 11.4. The molecule has 84 valence electrons. The number of carboxylic acids is 1. The van der Waals surface area contributed by atoms with Crippen LogP contribution in [0.2, 0.25) is 0 Å². The molecule has 0 aromatic rings. The highest BCUT2D eigenvalue weighted by molar-refractivity contribution is 5.68. The highest BCUT2D eigenvalue weighted by Crippen LogP contribution is 2.22. The van der Waals surface area contributed by atoms with Gasteiger partial charge in [-0.25, -0.2) is 0 Å². The van der Waals surface area contributed by atoms with Gasteiger partial charge in [-0.3, -0.25) is 4.79 Å². The van der Waals surface area contributed by atoms with Gasteiger partial charge in [-0.05, 0) is 11.8 Å². The minimum atomic E-state index is -0.783. The van der Waals surface area contributed by atoms with Gasteiger partial charge in [-0.2, -0.15) is 0 Å². The number of unbranched alkanes of at least 4 members (excludes halogenated alkanes) is 2. The molecule has 2 N–H and O–H groups in total. The summed E-state index contributed by atoms with van der Waals surface area (Å²) in [5.41, 5.74) is 0.213. The Hall–Kier alpha value is -0.570. The fourth-order valence-corrected chi connectivity index (χ4v) is 1.45. The SMILES string of the molecule is CCCCCC(C)(C)CNCC(=O)O. The number of aliphatic carboxylic acids is 1. The second kappa shape index (κ2) is 6.82. The fraction of sp³-hybridized carbons (Fsp3) is 0.909. The van der Waals surface area contributed by atoms with Crippen molar-refractivity contribution in [3.8, 4) is 0 Å². The van der Waals surface area contributed by atoms with Crippen LogP contribution in [0.1, 0.15) is 46.5 Å². The van der Waals surface area contributed by atoms with Gasteiger partial charge in [0.1, 0.15) is 0 Å². The third-order valence-electron chi connectivity index (χ3n) is 2.34. The Balaban J connectivity index is 3.55. The molecule has 0 aliphatic rings. The maximum absolute atomic E-state index is 10.3. The number of nitrogens with one attached hydrogen (secondary N) is 1. The summed E-state index contributed by atoms with van der Waals surface area (Å²) >= 11 is 0. The first-order valence-corrected chi connectivity index (χ1v) is 5.40. The number of carboxylic acid groups (broad SMARTS) is 1. The van der Waals surface area contributed by atoms with E-state index in [1.54, 1.807) is 0 Å². The van der Waals surface area contributed by atoms with Crippen LogP contribution in [0.15, 0.2) is 0 Å². The Kier molecular flexibility index (Phi) is 6.54. The van der Waals surface area contributed by atoms with Gasteiger partial charge in [-0.15, -0.1) is 0 Å². The smallest absolute Gasteiger partial charge is 0.317 e. The molecule has 0 unspecified atom stereocenters. The third-order valence-corrected chi connectivity index (χ3v) is 2.34. The molecular weight excluding hydrogens is 178 g/mol. The van der Waals surface area contributed by atoms with Crippen LogP contribution in [0.4, 0.5) is 0 Å². The van der Waals surface area contributed by atoms with Crippen LogP contribution in [0, 0.1) is 5.41 Å². The van der Waals surface area contributed by atoms with E-state index in [4.69, 9.17) is 5.11 Å². The second-order valence-corrected chi connectivity index (χ2v) is 4.62. The van der Waals surface area contributed by atoms with E-state index in [2.05, 4.69) is 26.1 Å². The van der Waals surface area contributed by atoms with E-state index in [0.717, 1.165) is 13.0 Å². The molecule has 0 spiro atoms. The van der Waals surface area contributed by atoms with Gasteiger partial charge in [0.05, 0.1) is 6.54 Å². The predicted octanol–water partition coefficient (Wildman–Crippen LogP) is 2.27. The Morgan fingerprint density at radius 3 is 2.50 bits per heavy atom. The first kappa shape index (κ1) is 13.4. The van der Waals surface area contributed by atoms with E-state index in [-0.39, 0.29) is 12.0 Å². The summed E-state index contributed by atoms with van der Waals surface area (Å²) in [6.07, 6.45) is 4.90. The number of hydrogen-bond acceptors (Lipinski definition) is 2. The summed E-state index contributed by atoms with van der Waals surface area (Å²) < 4.78 is 0. The normalized spacial score (nSPS) is 11.6. The van der Waals surface area contributed by atoms with E-state index >= 15 is 0 Å². The van der Waals surface area contributed by atoms with Crippen LogP contribution < -0.4 is 5.32 Å². The summed E-state index contributed by atoms with van der Waals surface area (Å²) in [6.45, 7) is 7.39. The molecule has 0 aliphatic carbocycles. The standard InChI is InChI=1S/C11H23NO2/c1-4-5-6-7-11(2,3)9-12-8-10(13)14/h12H,4-9H2,1-3H3,(H,13,14).